The third kappa shape index (κ3) is 4.95. The quantitative estimate of drug-likeness (QED) is 0.150. The Balaban J connectivity index is 1.43. The summed E-state index contributed by atoms with van der Waals surface area (Å²) in [6, 6.07) is 5.47. The molecule has 2 saturated carbocycles. The molecule has 0 heterocycles. The average molecular weight is 581 g/mol. The van der Waals surface area contributed by atoms with Gasteiger partial charge in [-0.25, -0.2) is 0 Å². The van der Waals surface area contributed by atoms with Gasteiger partial charge in [0.15, 0.2) is 0 Å². The molecule has 3 N–H and O–H groups in total. The van der Waals surface area contributed by atoms with Gasteiger partial charge in [-0.05, 0) is 96.8 Å². The molecule has 1 unspecified atom stereocenters. The van der Waals surface area contributed by atoms with Gasteiger partial charge >= 0.3 is 18.0 Å². The number of rotatable bonds is 10. The highest BCUT2D eigenvalue weighted by molar-refractivity contribution is 5.43. The predicted octanol–water partition coefficient (Wildman–Crippen LogP) is 7.93. The number of aliphatic hydroxyl groups is 2. The van der Waals surface area contributed by atoms with E-state index >= 15 is 0 Å². The van der Waals surface area contributed by atoms with Crippen LogP contribution in [-0.2, 0) is 6.42 Å². The fourth-order valence-corrected chi connectivity index (χ4v) is 8.37. The minimum absolute atomic E-state index is 0.115. The van der Waals surface area contributed by atoms with Gasteiger partial charge in [0.2, 0.25) is 0 Å². The first-order chi connectivity index (χ1) is 18.5. The van der Waals surface area contributed by atoms with Crippen molar-refractivity contribution in [2.75, 3.05) is 0 Å². The third-order valence-corrected chi connectivity index (χ3v) is 10.4. The number of phenols is 1. The second kappa shape index (κ2) is 10.8. The first kappa shape index (κ1) is 31.1. The number of benzene rings is 1. The summed E-state index contributed by atoms with van der Waals surface area (Å²) in [5, 5.41) is 30.6. The molecule has 10 heteroatoms. The molecule has 0 aliphatic heterocycles. The third-order valence-electron chi connectivity index (χ3n) is 10.4. The number of allylic oxidation sites excluding steroid dienone is 1. The van der Waals surface area contributed by atoms with Crippen LogP contribution in [0.25, 0.3) is 0 Å². The molecule has 1 aromatic carbocycles. The predicted molar refractivity (Wildman–Crippen MR) is 136 cm³/mol. The first-order valence-electron chi connectivity index (χ1n) is 14.2. The van der Waals surface area contributed by atoms with Gasteiger partial charge in [0, 0.05) is 0 Å². The van der Waals surface area contributed by atoms with E-state index in [0.29, 0.717) is 19.3 Å². The Morgan fingerprint density at radius 1 is 1.05 bits per heavy atom. The van der Waals surface area contributed by atoms with Crippen molar-refractivity contribution in [3.63, 3.8) is 0 Å². The molecule has 0 spiro atoms. The van der Waals surface area contributed by atoms with Crippen molar-refractivity contribution in [1.82, 2.24) is 0 Å². The van der Waals surface area contributed by atoms with E-state index in [2.05, 4.69) is 19.6 Å². The van der Waals surface area contributed by atoms with Crippen molar-refractivity contribution in [1.29, 1.82) is 0 Å². The Morgan fingerprint density at radius 3 is 2.38 bits per heavy atom. The van der Waals surface area contributed by atoms with Crippen LogP contribution in [0.2, 0.25) is 0 Å². The number of alkyl halides is 7. The van der Waals surface area contributed by atoms with Crippen molar-refractivity contribution >= 4 is 0 Å². The van der Waals surface area contributed by atoms with Gasteiger partial charge in [-0.1, -0.05) is 44.7 Å². The van der Waals surface area contributed by atoms with Crippen LogP contribution in [0.1, 0.15) is 88.2 Å². The number of aromatic hydroxyl groups is 1. The lowest BCUT2D eigenvalue weighted by molar-refractivity contribution is -0.371. The normalized spacial score (nSPS) is 33.1. The van der Waals surface area contributed by atoms with Crippen molar-refractivity contribution < 1.29 is 46.1 Å². The molecule has 0 amide bonds. The molecule has 0 bridgehead atoms. The van der Waals surface area contributed by atoms with Crippen molar-refractivity contribution in [2.24, 2.45) is 22.7 Å². The summed E-state index contributed by atoms with van der Waals surface area (Å²) in [7, 11) is 0. The van der Waals surface area contributed by atoms with Gasteiger partial charge in [0.1, 0.15) is 11.9 Å². The van der Waals surface area contributed by atoms with Gasteiger partial charge in [-0.15, -0.1) is 6.58 Å². The van der Waals surface area contributed by atoms with E-state index in [9.17, 15) is 46.1 Å². The monoisotopic (exact) mass is 580 g/mol. The zero-order chi connectivity index (χ0) is 29.7. The number of halogens is 7. The zero-order valence-corrected chi connectivity index (χ0v) is 22.7. The van der Waals surface area contributed by atoms with E-state index in [1.807, 2.05) is 6.07 Å². The molecule has 2 fully saturated rings. The second-order valence-electron chi connectivity index (χ2n) is 12.5. The lowest BCUT2D eigenvalue weighted by atomic mass is 9.44. The van der Waals surface area contributed by atoms with Crippen LogP contribution >= 0.6 is 0 Å². The van der Waals surface area contributed by atoms with Crippen LogP contribution < -0.4 is 0 Å². The number of unbranched alkanes of at least 4 members (excludes halogenated alkanes) is 3. The number of hydrogen-bond donors (Lipinski definition) is 3. The summed E-state index contributed by atoms with van der Waals surface area (Å²) in [4.78, 5) is 0. The summed E-state index contributed by atoms with van der Waals surface area (Å²) >= 11 is 0. The highest BCUT2D eigenvalue weighted by Crippen LogP contribution is 2.69. The fourth-order valence-electron chi connectivity index (χ4n) is 8.37. The van der Waals surface area contributed by atoms with E-state index < -0.39 is 36.7 Å². The molecule has 7 atom stereocenters. The number of phenolic OH excluding ortho intramolecular Hbond substituents is 1. The van der Waals surface area contributed by atoms with E-state index in [1.54, 1.807) is 12.1 Å². The molecule has 0 radical (unpaired) electrons. The Labute approximate surface area is 230 Å². The Hall–Kier alpha value is -1.81. The van der Waals surface area contributed by atoms with E-state index in [0.717, 1.165) is 44.1 Å². The number of aryl methyl sites for hydroxylation is 1. The molecule has 3 nitrogen and oxygen atoms in total. The Morgan fingerprint density at radius 2 is 1.73 bits per heavy atom. The Bertz CT molecular complexity index is 1070. The Kier molecular flexibility index (Phi) is 8.40. The fraction of sp³-hybridized carbons (Fsp3) is 0.733. The zero-order valence-electron chi connectivity index (χ0n) is 22.7. The molecule has 1 aromatic rings. The highest BCUT2D eigenvalue weighted by atomic mass is 19.4. The van der Waals surface area contributed by atoms with Crippen molar-refractivity contribution in [3.8, 4) is 5.75 Å². The second-order valence-corrected chi connectivity index (χ2v) is 12.5. The standard InChI is InChI=1S/C30H39F7O3/c1-3-27-15-14-18-16-20(38)10-11-21(18)25(27)19(17-26(2)22(27)12-13-23(26)39)8-6-4-5-7-9-24(40)28(31,32)29(33,34)30(35,36)37/h3,10-11,16,19,22-25,38-40H,1,4-9,12-15,17H2,2H3/t19-,22+,23-,24-,25+,26-,27?/m0/s1. The highest BCUT2D eigenvalue weighted by Gasteiger charge is 2.75. The van der Waals surface area contributed by atoms with Gasteiger partial charge < -0.3 is 15.3 Å². The van der Waals surface area contributed by atoms with Gasteiger partial charge in [0.25, 0.3) is 0 Å². The lowest BCUT2D eigenvalue weighted by Crippen LogP contribution is -2.57. The summed E-state index contributed by atoms with van der Waals surface area (Å²) in [6.07, 6.45) is -2.61. The molecular formula is C30H39F7O3. The van der Waals surface area contributed by atoms with E-state index in [1.165, 1.54) is 5.56 Å². The largest absolute Gasteiger partial charge is 0.508 e. The summed E-state index contributed by atoms with van der Waals surface area (Å²) in [6.45, 7) is 6.40. The van der Waals surface area contributed by atoms with Crippen LogP contribution in [0.15, 0.2) is 30.9 Å². The SMILES string of the molecule is C=CC12CCc3cc(O)ccc3[C@H]1[C@@H](CCCCCC[C@H](O)C(F)(F)C(F)(F)C(F)(F)F)C[C@]1(C)[C@@H](O)CC[C@@H]21. The van der Waals surface area contributed by atoms with Crippen LogP contribution in [0.3, 0.4) is 0 Å². The minimum Gasteiger partial charge on any atom is -0.508 e. The molecule has 3 aliphatic rings. The van der Waals surface area contributed by atoms with Gasteiger partial charge in [0.05, 0.1) is 6.10 Å². The van der Waals surface area contributed by atoms with Crippen LogP contribution in [0.5, 0.6) is 5.75 Å². The van der Waals surface area contributed by atoms with Crippen LogP contribution in [-0.4, -0.2) is 45.5 Å². The maximum Gasteiger partial charge on any atom is 0.459 e. The van der Waals surface area contributed by atoms with E-state index in [4.69, 9.17) is 0 Å². The minimum atomic E-state index is -6.46. The molecular weight excluding hydrogens is 541 g/mol. The average Bonchev–Trinajstić information content (AvgIpc) is 3.18. The smallest absolute Gasteiger partial charge is 0.459 e. The van der Waals surface area contributed by atoms with Gasteiger partial charge in [-0.2, -0.15) is 30.7 Å². The van der Waals surface area contributed by atoms with Crippen molar-refractivity contribution in [2.45, 2.75) is 114 Å². The maximum atomic E-state index is 13.7. The van der Waals surface area contributed by atoms with Gasteiger partial charge in [-0.3, -0.25) is 0 Å². The molecule has 0 aromatic heterocycles. The number of fused-ring (bicyclic) bond motifs is 5. The molecule has 4 rings (SSSR count). The summed E-state index contributed by atoms with van der Waals surface area (Å²) in [5.74, 6) is -11.2. The van der Waals surface area contributed by atoms with E-state index in [-0.39, 0.29) is 40.8 Å². The lowest BCUT2D eigenvalue weighted by Gasteiger charge is -2.60. The molecule has 226 valence electrons. The number of hydrogen-bond acceptors (Lipinski definition) is 3. The molecule has 3 aliphatic carbocycles. The molecule has 40 heavy (non-hydrogen) atoms. The topological polar surface area (TPSA) is 60.7 Å². The first-order valence-corrected chi connectivity index (χ1v) is 14.2. The maximum absolute atomic E-state index is 13.7. The summed E-state index contributed by atoms with van der Waals surface area (Å²) < 4.78 is 91.0. The summed E-state index contributed by atoms with van der Waals surface area (Å²) in [5.41, 5.74) is 1.76. The van der Waals surface area contributed by atoms with Crippen LogP contribution in [0, 0.1) is 22.7 Å². The number of aliphatic hydroxyl groups excluding tert-OH is 2. The molecule has 0 saturated heterocycles. The van der Waals surface area contributed by atoms with Crippen molar-refractivity contribution in [3.05, 3.63) is 42.0 Å². The van der Waals surface area contributed by atoms with Crippen LogP contribution in [0.4, 0.5) is 30.7 Å².